The fraction of sp³-hybridized carbons (Fsp3) is 0.214. The highest BCUT2D eigenvalue weighted by molar-refractivity contribution is 5.76. The number of hydrogen-bond donors (Lipinski definition) is 1. The van der Waals surface area contributed by atoms with E-state index in [1.54, 1.807) is 0 Å². The molecule has 5 heteroatoms. The summed E-state index contributed by atoms with van der Waals surface area (Å²) in [6.07, 6.45) is -0.0479. The third-order valence-corrected chi connectivity index (χ3v) is 5.27. The summed E-state index contributed by atoms with van der Waals surface area (Å²) in [4.78, 5) is 11.3. The second-order valence-corrected chi connectivity index (χ2v) is 8.53. The third-order valence-electron chi connectivity index (χ3n) is 5.27. The van der Waals surface area contributed by atoms with Crippen LogP contribution in [0, 0.1) is 5.92 Å². The Morgan fingerprint density at radius 3 is 2.30 bits per heavy atom. The number of aromatic nitrogens is 2. The first-order valence-electron chi connectivity index (χ1n) is 11.1. The van der Waals surface area contributed by atoms with Crippen LogP contribution in [0.2, 0.25) is 0 Å². The first-order chi connectivity index (χ1) is 16.0. The second-order valence-electron chi connectivity index (χ2n) is 8.53. The number of benzene rings is 3. The van der Waals surface area contributed by atoms with Crippen LogP contribution in [0.5, 0.6) is 5.75 Å². The minimum absolute atomic E-state index is 0.0479. The molecule has 4 aromatic rings. The van der Waals surface area contributed by atoms with Gasteiger partial charge in [-0.05, 0) is 40.8 Å². The lowest BCUT2D eigenvalue weighted by Gasteiger charge is -2.13. The first-order valence-corrected chi connectivity index (χ1v) is 11.1. The monoisotopic (exact) mass is 440 g/mol. The first kappa shape index (κ1) is 22.3. The highest BCUT2D eigenvalue weighted by Gasteiger charge is 2.17. The average Bonchev–Trinajstić information content (AvgIpc) is 3.22. The smallest absolute Gasteiger partial charge is 0.307 e. The molecule has 0 amide bonds. The molecule has 1 N–H and O–H groups in total. The lowest BCUT2D eigenvalue weighted by Crippen LogP contribution is -2.07. The molecule has 0 aliphatic heterocycles. The number of carboxylic acids is 1. The predicted molar refractivity (Wildman–Crippen MR) is 130 cm³/mol. The molecule has 33 heavy (non-hydrogen) atoms. The standard InChI is InChI=1S/C28H28N2O3/c1-20(2)19-33-27-14-13-22(16-28(31)32)15-24(27)25-17-26(23-11-7-4-8-12-23)30(29-25)18-21-9-5-3-6-10-21/h3-15,17,20H,16,18-19H2,1-2H3,(H,31,32). The summed E-state index contributed by atoms with van der Waals surface area (Å²) < 4.78 is 8.09. The van der Waals surface area contributed by atoms with E-state index in [1.807, 2.05) is 59.3 Å². The van der Waals surface area contributed by atoms with Crippen molar-refractivity contribution in [3.63, 3.8) is 0 Å². The zero-order valence-corrected chi connectivity index (χ0v) is 18.9. The van der Waals surface area contributed by atoms with Crippen molar-refractivity contribution in [2.75, 3.05) is 6.61 Å². The zero-order chi connectivity index (χ0) is 23.2. The molecular formula is C28H28N2O3. The number of rotatable bonds is 9. The number of carboxylic acid groups (broad SMARTS) is 1. The number of nitrogens with zero attached hydrogens (tertiary/aromatic N) is 2. The minimum Gasteiger partial charge on any atom is -0.493 e. The van der Waals surface area contributed by atoms with E-state index in [9.17, 15) is 9.90 Å². The third kappa shape index (κ3) is 5.69. The van der Waals surface area contributed by atoms with Gasteiger partial charge in [0, 0.05) is 5.56 Å². The summed E-state index contributed by atoms with van der Waals surface area (Å²) in [7, 11) is 0. The Hall–Kier alpha value is -3.86. The predicted octanol–water partition coefficient (Wildman–Crippen LogP) is 5.93. The summed E-state index contributed by atoms with van der Waals surface area (Å²) in [6.45, 7) is 5.39. The van der Waals surface area contributed by atoms with Gasteiger partial charge in [-0.25, -0.2) is 0 Å². The zero-order valence-electron chi connectivity index (χ0n) is 18.9. The Bertz CT molecular complexity index is 1210. The van der Waals surface area contributed by atoms with E-state index in [2.05, 4.69) is 44.2 Å². The molecule has 0 fully saturated rings. The van der Waals surface area contributed by atoms with Crippen LogP contribution in [0.4, 0.5) is 0 Å². The van der Waals surface area contributed by atoms with Crippen LogP contribution in [-0.2, 0) is 17.8 Å². The largest absolute Gasteiger partial charge is 0.493 e. The molecule has 0 saturated heterocycles. The van der Waals surface area contributed by atoms with Gasteiger partial charge in [-0.15, -0.1) is 0 Å². The molecule has 0 saturated carbocycles. The van der Waals surface area contributed by atoms with Gasteiger partial charge in [-0.3, -0.25) is 9.48 Å². The van der Waals surface area contributed by atoms with E-state index in [1.165, 1.54) is 0 Å². The van der Waals surface area contributed by atoms with Gasteiger partial charge in [0.2, 0.25) is 0 Å². The van der Waals surface area contributed by atoms with Crippen molar-refractivity contribution in [1.82, 2.24) is 9.78 Å². The molecule has 0 aliphatic rings. The molecule has 0 bridgehead atoms. The van der Waals surface area contributed by atoms with Gasteiger partial charge in [0.05, 0.1) is 31.0 Å². The molecule has 5 nitrogen and oxygen atoms in total. The number of carbonyl (C=O) groups is 1. The average molecular weight is 441 g/mol. The maximum Gasteiger partial charge on any atom is 0.307 e. The van der Waals surface area contributed by atoms with Crippen LogP contribution in [0.3, 0.4) is 0 Å². The van der Waals surface area contributed by atoms with Crippen molar-refractivity contribution in [3.05, 3.63) is 96.1 Å². The Morgan fingerprint density at radius 2 is 1.64 bits per heavy atom. The van der Waals surface area contributed by atoms with Crippen molar-refractivity contribution in [2.45, 2.75) is 26.8 Å². The lowest BCUT2D eigenvalue weighted by molar-refractivity contribution is -0.136. The van der Waals surface area contributed by atoms with E-state index >= 15 is 0 Å². The van der Waals surface area contributed by atoms with Gasteiger partial charge in [0.1, 0.15) is 5.75 Å². The highest BCUT2D eigenvalue weighted by Crippen LogP contribution is 2.34. The van der Waals surface area contributed by atoms with Crippen LogP contribution in [0.1, 0.15) is 25.0 Å². The summed E-state index contributed by atoms with van der Waals surface area (Å²) in [5.41, 5.74) is 5.49. The van der Waals surface area contributed by atoms with Crippen molar-refractivity contribution < 1.29 is 14.6 Å². The van der Waals surface area contributed by atoms with Crippen LogP contribution in [0.25, 0.3) is 22.5 Å². The molecular weight excluding hydrogens is 412 g/mol. The summed E-state index contributed by atoms with van der Waals surface area (Å²) >= 11 is 0. The molecule has 168 valence electrons. The van der Waals surface area contributed by atoms with Crippen LogP contribution >= 0.6 is 0 Å². The minimum atomic E-state index is -0.864. The Morgan fingerprint density at radius 1 is 0.939 bits per heavy atom. The van der Waals surface area contributed by atoms with E-state index in [4.69, 9.17) is 9.84 Å². The Labute approximate surface area is 194 Å². The summed E-state index contributed by atoms with van der Waals surface area (Å²) in [5.74, 6) is 0.213. The normalized spacial score (nSPS) is 11.0. The molecule has 4 rings (SSSR count). The molecule has 1 heterocycles. The van der Waals surface area contributed by atoms with Crippen molar-refractivity contribution in [2.24, 2.45) is 5.92 Å². The maximum atomic E-state index is 11.3. The number of hydrogen-bond acceptors (Lipinski definition) is 3. The molecule has 0 unspecified atom stereocenters. The molecule has 0 atom stereocenters. The number of aliphatic carboxylic acids is 1. The quantitative estimate of drug-likeness (QED) is 0.350. The fourth-order valence-corrected chi connectivity index (χ4v) is 3.71. The molecule has 1 aromatic heterocycles. The Kier molecular flexibility index (Phi) is 6.89. The SMILES string of the molecule is CC(C)COc1ccc(CC(=O)O)cc1-c1cc(-c2ccccc2)n(Cc2ccccc2)n1. The van der Waals surface area contributed by atoms with Gasteiger partial charge in [0.15, 0.2) is 0 Å². The number of ether oxygens (including phenoxy) is 1. The van der Waals surface area contributed by atoms with Crippen LogP contribution in [0.15, 0.2) is 84.9 Å². The van der Waals surface area contributed by atoms with Gasteiger partial charge >= 0.3 is 5.97 Å². The van der Waals surface area contributed by atoms with E-state index in [-0.39, 0.29) is 6.42 Å². The second kappa shape index (κ2) is 10.2. The van der Waals surface area contributed by atoms with E-state index in [0.29, 0.717) is 30.4 Å². The fourth-order valence-electron chi connectivity index (χ4n) is 3.71. The van der Waals surface area contributed by atoms with Crippen molar-refractivity contribution >= 4 is 5.97 Å². The van der Waals surface area contributed by atoms with Crippen LogP contribution < -0.4 is 4.74 Å². The summed E-state index contributed by atoms with van der Waals surface area (Å²) in [6, 6.07) is 28.0. The highest BCUT2D eigenvalue weighted by atomic mass is 16.5. The topological polar surface area (TPSA) is 64.3 Å². The summed E-state index contributed by atoms with van der Waals surface area (Å²) in [5, 5.41) is 14.2. The Balaban J connectivity index is 1.81. The molecule has 0 spiro atoms. The molecule has 3 aromatic carbocycles. The van der Waals surface area contributed by atoms with Gasteiger partial charge in [-0.1, -0.05) is 80.6 Å². The van der Waals surface area contributed by atoms with Gasteiger partial charge in [0.25, 0.3) is 0 Å². The molecule has 0 aliphatic carbocycles. The lowest BCUT2D eigenvalue weighted by atomic mass is 10.0. The van der Waals surface area contributed by atoms with E-state index < -0.39 is 5.97 Å². The molecule has 0 radical (unpaired) electrons. The van der Waals surface area contributed by atoms with Gasteiger partial charge in [-0.2, -0.15) is 5.10 Å². The van der Waals surface area contributed by atoms with Crippen LogP contribution in [-0.4, -0.2) is 27.5 Å². The van der Waals surface area contributed by atoms with Gasteiger partial charge < -0.3 is 9.84 Å². The maximum absolute atomic E-state index is 11.3. The van der Waals surface area contributed by atoms with E-state index in [0.717, 1.165) is 28.1 Å². The van der Waals surface area contributed by atoms with Crippen molar-refractivity contribution in [1.29, 1.82) is 0 Å². The van der Waals surface area contributed by atoms with Crippen molar-refractivity contribution in [3.8, 4) is 28.3 Å².